The van der Waals surface area contributed by atoms with Crippen molar-refractivity contribution in [1.82, 2.24) is 9.80 Å². The molecule has 0 aromatic carbocycles. The van der Waals surface area contributed by atoms with Gasteiger partial charge >= 0.3 is 5.97 Å². The first-order valence-electron chi connectivity index (χ1n) is 7.83. The van der Waals surface area contributed by atoms with Gasteiger partial charge in [-0.15, -0.1) is 0 Å². The Hall–Kier alpha value is -1.36. The molecule has 21 heavy (non-hydrogen) atoms. The molecule has 1 N–H and O–H groups in total. The highest BCUT2D eigenvalue weighted by Crippen LogP contribution is 2.42. The van der Waals surface area contributed by atoms with E-state index in [0.29, 0.717) is 19.0 Å². The molecule has 2 aliphatic rings. The van der Waals surface area contributed by atoms with Crippen LogP contribution in [0.5, 0.6) is 0 Å². The topological polar surface area (TPSA) is 60.9 Å². The van der Waals surface area contributed by atoms with Crippen molar-refractivity contribution in [2.24, 2.45) is 11.8 Å². The van der Waals surface area contributed by atoms with Crippen molar-refractivity contribution in [3.63, 3.8) is 0 Å². The number of hydrogen-bond donors (Lipinski definition) is 1. The molecule has 0 radical (unpaired) electrons. The predicted molar refractivity (Wildman–Crippen MR) is 80.9 cm³/mol. The van der Waals surface area contributed by atoms with Gasteiger partial charge in [-0.2, -0.15) is 0 Å². The first kappa shape index (κ1) is 16.0. The fraction of sp³-hybridized carbons (Fsp3) is 0.750. The number of amides is 1. The number of rotatable bonds is 6. The number of carboxylic acids is 1. The zero-order chi connectivity index (χ0) is 15.6. The molecule has 1 heterocycles. The average molecular weight is 294 g/mol. The molecule has 0 bridgehead atoms. The molecule has 1 saturated carbocycles. The summed E-state index contributed by atoms with van der Waals surface area (Å²) >= 11 is 0. The molecule has 1 aliphatic carbocycles. The van der Waals surface area contributed by atoms with E-state index in [1.165, 1.54) is 0 Å². The standard InChI is InChI=1S/C16H26N2O3/c1-4-17(8-11(2)3)14(19)10-18-9-12-6-5-7-13(12)15(18)16(20)21/h12-13,15H,2,4-10H2,1,3H3,(H,20,21). The molecule has 0 aromatic heterocycles. The number of carbonyl (C=O) groups excluding carboxylic acids is 1. The molecule has 5 heteroatoms. The Kier molecular flexibility index (Phi) is 5.04. The minimum Gasteiger partial charge on any atom is -0.480 e. The van der Waals surface area contributed by atoms with Gasteiger partial charge in [-0.1, -0.05) is 18.6 Å². The summed E-state index contributed by atoms with van der Waals surface area (Å²) in [7, 11) is 0. The fourth-order valence-electron chi connectivity index (χ4n) is 3.87. The van der Waals surface area contributed by atoms with Crippen LogP contribution in [0.25, 0.3) is 0 Å². The van der Waals surface area contributed by atoms with Gasteiger partial charge in [0.15, 0.2) is 0 Å². The Morgan fingerprint density at radius 2 is 2.10 bits per heavy atom. The van der Waals surface area contributed by atoms with Crippen LogP contribution in [0.3, 0.4) is 0 Å². The van der Waals surface area contributed by atoms with Crippen LogP contribution in [0.4, 0.5) is 0 Å². The lowest BCUT2D eigenvalue weighted by molar-refractivity contribution is -0.144. The molecule has 3 unspecified atom stereocenters. The highest BCUT2D eigenvalue weighted by atomic mass is 16.4. The number of aliphatic carboxylic acids is 1. The Morgan fingerprint density at radius 3 is 2.67 bits per heavy atom. The molecule has 0 spiro atoms. The molecular weight excluding hydrogens is 268 g/mol. The molecular formula is C16H26N2O3. The molecule has 3 atom stereocenters. The molecule has 0 aromatic rings. The van der Waals surface area contributed by atoms with Crippen molar-refractivity contribution < 1.29 is 14.7 Å². The smallest absolute Gasteiger partial charge is 0.321 e. The van der Waals surface area contributed by atoms with E-state index in [0.717, 1.165) is 31.4 Å². The molecule has 1 aliphatic heterocycles. The SMILES string of the molecule is C=C(C)CN(CC)C(=O)CN1CC2CCCC2C1C(=O)O. The van der Waals surface area contributed by atoms with Gasteiger partial charge in [-0.3, -0.25) is 14.5 Å². The second-order valence-electron chi connectivity index (χ2n) is 6.43. The van der Waals surface area contributed by atoms with Crippen LogP contribution >= 0.6 is 0 Å². The number of fused-ring (bicyclic) bond motifs is 1. The Balaban J connectivity index is 2.02. The van der Waals surface area contributed by atoms with Crippen LogP contribution in [0.1, 0.15) is 33.1 Å². The zero-order valence-corrected chi connectivity index (χ0v) is 13.0. The third-order valence-corrected chi connectivity index (χ3v) is 4.77. The highest BCUT2D eigenvalue weighted by Gasteiger charge is 2.48. The predicted octanol–water partition coefficient (Wildman–Crippen LogP) is 1.60. The number of carbonyl (C=O) groups is 2. The zero-order valence-electron chi connectivity index (χ0n) is 13.0. The van der Waals surface area contributed by atoms with E-state index in [1.807, 2.05) is 18.7 Å². The van der Waals surface area contributed by atoms with Crippen molar-refractivity contribution in [3.05, 3.63) is 12.2 Å². The summed E-state index contributed by atoms with van der Waals surface area (Å²) in [6.07, 6.45) is 3.20. The number of likely N-dealkylation sites (N-methyl/N-ethyl adjacent to an activating group) is 1. The molecule has 1 saturated heterocycles. The van der Waals surface area contributed by atoms with Crippen LogP contribution < -0.4 is 0 Å². The summed E-state index contributed by atoms with van der Waals surface area (Å²) in [4.78, 5) is 27.6. The second-order valence-corrected chi connectivity index (χ2v) is 6.43. The van der Waals surface area contributed by atoms with E-state index < -0.39 is 12.0 Å². The van der Waals surface area contributed by atoms with Crippen molar-refractivity contribution in [3.8, 4) is 0 Å². The van der Waals surface area contributed by atoms with Gasteiger partial charge in [0.2, 0.25) is 5.91 Å². The maximum atomic E-state index is 12.4. The fourth-order valence-corrected chi connectivity index (χ4v) is 3.87. The summed E-state index contributed by atoms with van der Waals surface area (Å²) in [6, 6.07) is -0.481. The Labute approximate surface area is 126 Å². The van der Waals surface area contributed by atoms with Crippen LogP contribution in [-0.2, 0) is 9.59 Å². The minimum absolute atomic E-state index is 0.00623. The van der Waals surface area contributed by atoms with Gasteiger partial charge in [-0.25, -0.2) is 0 Å². The van der Waals surface area contributed by atoms with Gasteiger partial charge in [0.05, 0.1) is 6.54 Å². The minimum atomic E-state index is -0.778. The van der Waals surface area contributed by atoms with E-state index in [-0.39, 0.29) is 18.4 Å². The summed E-state index contributed by atoms with van der Waals surface area (Å²) in [5, 5.41) is 9.50. The van der Waals surface area contributed by atoms with E-state index >= 15 is 0 Å². The van der Waals surface area contributed by atoms with Crippen molar-refractivity contribution in [2.75, 3.05) is 26.2 Å². The monoisotopic (exact) mass is 294 g/mol. The number of nitrogens with zero attached hydrogens (tertiary/aromatic N) is 2. The molecule has 1 amide bonds. The van der Waals surface area contributed by atoms with Crippen molar-refractivity contribution in [1.29, 1.82) is 0 Å². The maximum Gasteiger partial charge on any atom is 0.321 e. The first-order valence-corrected chi connectivity index (χ1v) is 7.83. The van der Waals surface area contributed by atoms with E-state index in [9.17, 15) is 14.7 Å². The largest absolute Gasteiger partial charge is 0.480 e. The van der Waals surface area contributed by atoms with E-state index in [1.54, 1.807) is 4.90 Å². The summed E-state index contributed by atoms with van der Waals surface area (Å²) in [6.45, 7) is 9.82. The Morgan fingerprint density at radius 1 is 1.38 bits per heavy atom. The molecule has 2 rings (SSSR count). The van der Waals surface area contributed by atoms with Crippen LogP contribution in [0, 0.1) is 11.8 Å². The van der Waals surface area contributed by atoms with Crippen molar-refractivity contribution >= 4 is 11.9 Å². The molecule has 118 valence electrons. The highest BCUT2D eigenvalue weighted by molar-refractivity contribution is 5.80. The van der Waals surface area contributed by atoms with Gasteiger partial charge in [-0.05, 0) is 38.5 Å². The van der Waals surface area contributed by atoms with E-state index in [2.05, 4.69) is 6.58 Å². The first-order chi connectivity index (χ1) is 9.93. The summed E-state index contributed by atoms with van der Waals surface area (Å²) < 4.78 is 0. The second kappa shape index (κ2) is 6.60. The maximum absolute atomic E-state index is 12.4. The number of likely N-dealkylation sites (tertiary alicyclic amines) is 1. The lowest BCUT2D eigenvalue weighted by atomic mass is 9.94. The van der Waals surface area contributed by atoms with Gasteiger partial charge in [0, 0.05) is 19.6 Å². The third-order valence-electron chi connectivity index (χ3n) is 4.77. The van der Waals surface area contributed by atoms with Gasteiger partial charge in [0.1, 0.15) is 6.04 Å². The van der Waals surface area contributed by atoms with Gasteiger partial charge in [0.25, 0.3) is 0 Å². The quantitative estimate of drug-likeness (QED) is 0.756. The summed E-state index contributed by atoms with van der Waals surface area (Å²) in [5.74, 6) is -0.0893. The van der Waals surface area contributed by atoms with Crippen LogP contribution in [-0.4, -0.2) is 59.0 Å². The van der Waals surface area contributed by atoms with Crippen molar-refractivity contribution in [2.45, 2.75) is 39.2 Å². The van der Waals surface area contributed by atoms with E-state index in [4.69, 9.17) is 0 Å². The average Bonchev–Trinajstić information content (AvgIpc) is 2.94. The number of hydrogen-bond acceptors (Lipinski definition) is 3. The third kappa shape index (κ3) is 3.46. The number of carboxylic acid groups (broad SMARTS) is 1. The lowest BCUT2D eigenvalue weighted by Gasteiger charge is -2.27. The van der Waals surface area contributed by atoms with Gasteiger partial charge < -0.3 is 10.0 Å². The normalized spacial score (nSPS) is 28.4. The van der Waals surface area contributed by atoms with Crippen LogP contribution in [0.15, 0.2) is 12.2 Å². The Bertz CT molecular complexity index is 435. The molecule has 2 fully saturated rings. The summed E-state index contributed by atoms with van der Waals surface area (Å²) in [5.41, 5.74) is 0.943. The van der Waals surface area contributed by atoms with Crippen LogP contribution in [0.2, 0.25) is 0 Å². The molecule has 5 nitrogen and oxygen atoms in total. The lowest BCUT2D eigenvalue weighted by Crippen LogP contribution is -2.46.